The molecule has 1 saturated heterocycles. The molecule has 5 nitrogen and oxygen atoms in total. The van der Waals surface area contributed by atoms with Crippen LogP contribution in [0.2, 0.25) is 0 Å². The first-order valence-corrected chi connectivity index (χ1v) is 7.95. The van der Waals surface area contributed by atoms with E-state index in [2.05, 4.69) is 15.5 Å². The number of rotatable bonds is 5. The van der Waals surface area contributed by atoms with Gasteiger partial charge >= 0.3 is 0 Å². The van der Waals surface area contributed by atoms with Crippen LogP contribution in [0.5, 0.6) is 11.5 Å². The Morgan fingerprint density at radius 1 is 1.04 bits per heavy atom. The van der Waals surface area contributed by atoms with E-state index in [-0.39, 0.29) is 11.7 Å². The predicted molar refractivity (Wildman–Crippen MR) is 90.9 cm³/mol. The zero-order valence-corrected chi connectivity index (χ0v) is 13.3. The molecule has 0 unspecified atom stereocenters. The van der Waals surface area contributed by atoms with Gasteiger partial charge in [-0.2, -0.15) is 0 Å². The van der Waals surface area contributed by atoms with Crippen molar-refractivity contribution in [3.63, 3.8) is 0 Å². The molecule has 2 aromatic carbocycles. The highest BCUT2D eigenvalue weighted by Gasteiger charge is 2.13. The second-order valence-corrected chi connectivity index (χ2v) is 5.65. The van der Waals surface area contributed by atoms with Gasteiger partial charge in [0, 0.05) is 31.9 Å². The van der Waals surface area contributed by atoms with Crippen molar-refractivity contribution in [1.29, 1.82) is 0 Å². The third-order valence-electron chi connectivity index (χ3n) is 3.76. The molecule has 1 aliphatic rings. The zero-order chi connectivity index (χ0) is 16.8. The van der Waals surface area contributed by atoms with Crippen molar-refractivity contribution in [3.05, 3.63) is 54.3 Å². The number of benzene rings is 2. The molecular weight excluding hydrogens is 309 g/mol. The van der Waals surface area contributed by atoms with Gasteiger partial charge in [-0.15, -0.1) is 0 Å². The van der Waals surface area contributed by atoms with Crippen molar-refractivity contribution >= 4 is 11.6 Å². The van der Waals surface area contributed by atoms with Crippen LogP contribution in [0.4, 0.5) is 10.1 Å². The minimum absolute atomic E-state index is 0.0240. The van der Waals surface area contributed by atoms with E-state index < -0.39 is 0 Å². The van der Waals surface area contributed by atoms with Crippen molar-refractivity contribution < 1.29 is 13.9 Å². The van der Waals surface area contributed by atoms with Crippen LogP contribution in [0.25, 0.3) is 0 Å². The molecule has 1 amide bonds. The molecule has 1 heterocycles. The third-order valence-corrected chi connectivity index (χ3v) is 3.76. The van der Waals surface area contributed by atoms with Crippen molar-refractivity contribution in [3.8, 4) is 11.5 Å². The summed E-state index contributed by atoms with van der Waals surface area (Å²) in [4.78, 5) is 14.2. The van der Waals surface area contributed by atoms with Gasteiger partial charge in [0.15, 0.2) is 0 Å². The van der Waals surface area contributed by atoms with E-state index in [1.807, 2.05) is 0 Å². The van der Waals surface area contributed by atoms with E-state index in [9.17, 15) is 9.18 Å². The van der Waals surface area contributed by atoms with E-state index in [0.717, 1.165) is 31.9 Å². The molecule has 0 bridgehead atoms. The lowest BCUT2D eigenvalue weighted by molar-refractivity contribution is -0.117. The molecule has 1 fully saturated rings. The number of carbonyl (C=O) groups excluding carboxylic acids is 1. The van der Waals surface area contributed by atoms with Gasteiger partial charge in [-0.25, -0.2) is 4.39 Å². The maximum Gasteiger partial charge on any atom is 0.238 e. The minimum atomic E-state index is -0.301. The summed E-state index contributed by atoms with van der Waals surface area (Å²) in [5.74, 6) is 0.864. The Morgan fingerprint density at radius 2 is 1.62 bits per heavy atom. The average Bonchev–Trinajstić information content (AvgIpc) is 2.59. The third kappa shape index (κ3) is 4.78. The highest BCUT2D eigenvalue weighted by molar-refractivity contribution is 5.92. The summed E-state index contributed by atoms with van der Waals surface area (Å²) in [6.07, 6.45) is 0. The number of hydrogen-bond donors (Lipinski definition) is 2. The summed E-state index contributed by atoms with van der Waals surface area (Å²) in [6, 6.07) is 12.9. The second-order valence-electron chi connectivity index (χ2n) is 5.65. The fourth-order valence-corrected chi connectivity index (χ4v) is 2.52. The Kier molecular flexibility index (Phi) is 5.40. The number of anilines is 1. The van der Waals surface area contributed by atoms with Crippen molar-refractivity contribution in [2.75, 3.05) is 38.0 Å². The lowest BCUT2D eigenvalue weighted by Gasteiger charge is -2.26. The number of halogens is 1. The van der Waals surface area contributed by atoms with Gasteiger partial charge in [0.05, 0.1) is 6.54 Å². The summed E-state index contributed by atoms with van der Waals surface area (Å²) in [5, 5.41) is 6.14. The molecule has 3 rings (SSSR count). The lowest BCUT2D eigenvalue weighted by Crippen LogP contribution is -2.46. The van der Waals surface area contributed by atoms with Crippen molar-refractivity contribution in [1.82, 2.24) is 10.2 Å². The number of ether oxygens (including phenoxy) is 1. The highest BCUT2D eigenvalue weighted by Crippen LogP contribution is 2.23. The molecule has 0 radical (unpaired) electrons. The molecule has 126 valence electrons. The van der Waals surface area contributed by atoms with Gasteiger partial charge in [0.1, 0.15) is 17.3 Å². The molecule has 6 heteroatoms. The number of amides is 1. The zero-order valence-electron chi connectivity index (χ0n) is 13.3. The molecule has 2 N–H and O–H groups in total. The van der Waals surface area contributed by atoms with Crippen LogP contribution in [-0.2, 0) is 4.79 Å². The predicted octanol–water partition coefficient (Wildman–Crippen LogP) is 2.46. The lowest BCUT2D eigenvalue weighted by atomic mass is 10.3. The summed E-state index contributed by atoms with van der Waals surface area (Å²) in [6.45, 7) is 4.01. The van der Waals surface area contributed by atoms with Crippen molar-refractivity contribution in [2.45, 2.75) is 0 Å². The average molecular weight is 329 g/mol. The number of nitrogens with one attached hydrogen (secondary N) is 2. The summed E-state index contributed by atoms with van der Waals surface area (Å²) in [7, 11) is 0. The first-order valence-electron chi connectivity index (χ1n) is 7.95. The Morgan fingerprint density at radius 3 is 2.25 bits per heavy atom. The highest BCUT2D eigenvalue weighted by atomic mass is 19.1. The number of piperazine rings is 1. The van der Waals surface area contributed by atoms with Gasteiger partial charge < -0.3 is 15.4 Å². The molecule has 0 aromatic heterocycles. The normalized spacial score (nSPS) is 15.0. The fourth-order valence-electron chi connectivity index (χ4n) is 2.52. The molecule has 0 saturated carbocycles. The van der Waals surface area contributed by atoms with E-state index >= 15 is 0 Å². The van der Waals surface area contributed by atoms with Crippen LogP contribution >= 0.6 is 0 Å². The van der Waals surface area contributed by atoms with Crippen LogP contribution in [-0.4, -0.2) is 43.5 Å². The van der Waals surface area contributed by atoms with Gasteiger partial charge in [-0.1, -0.05) is 0 Å². The Balaban J connectivity index is 1.52. The fraction of sp³-hybridized carbons (Fsp3) is 0.278. The van der Waals surface area contributed by atoms with Gasteiger partial charge in [0.25, 0.3) is 0 Å². The topological polar surface area (TPSA) is 53.6 Å². The maximum absolute atomic E-state index is 12.9. The Hall–Kier alpha value is -2.44. The first-order chi connectivity index (χ1) is 11.7. The molecule has 0 atom stereocenters. The van der Waals surface area contributed by atoms with Crippen LogP contribution in [0, 0.1) is 5.82 Å². The molecule has 1 aliphatic heterocycles. The quantitative estimate of drug-likeness (QED) is 0.885. The molecule has 0 aliphatic carbocycles. The second kappa shape index (κ2) is 7.90. The first kappa shape index (κ1) is 16.4. The molecule has 24 heavy (non-hydrogen) atoms. The standard InChI is InChI=1S/C18H20FN3O2/c19-14-1-5-16(6-2-14)24-17-7-3-15(4-8-17)21-18(23)13-22-11-9-20-10-12-22/h1-8,20H,9-13H2,(H,21,23). The van der Waals surface area contributed by atoms with Crippen LogP contribution in [0.15, 0.2) is 48.5 Å². The SMILES string of the molecule is O=C(CN1CCNCC1)Nc1ccc(Oc2ccc(F)cc2)cc1. The van der Waals surface area contributed by atoms with Gasteiger partial charge in [-0.3, -0.25) is 9.69 Å². The van der Waals surface area contributed by atoms with Crippen LogP contribution < -0.4 is 15.4 Å². The molecule has 0 spiro atoms. The molecule has 2 aromatic rings. The summed E-state index contributed by atoms with van der Waals surface area (Å²) >= 11 is 0. The Bertz CT molecular complexity index is 668. The van der Waals surface area contributed by atoms with Crippen LogP contribution in [0.1, 0.15) is 0 Å². The summed E-state index contributed by atoms with van der Waals surface area (Å²) < 4.78 is 18.5. The number of nitrogens with zero attached hydrogens (tertiary/aromatic N) is 1. The smallest absolute Gasteiger partial charge is 0.238 e. The monoisotopic (exact) mass is 329 g/mol. The van der Waals surface area contributed by atoms with E-state index in [4.69, 9.17) is 4.74 Å². The Labute approximate surface area is 140 Å². The van der Waals surface area contributed by atoms with E-state index in [1.54, 1.807) is 36.4 Å². The molecular formula is C18H20FN3O2. The minimum Gasteiger partial charge on any atom is -0.457 e. The number of hydrogen-bond acceptors (Lipinski definition) is 4. The van der Waals surface area contributed by atoms with Crippen molar-refractivity contribution in [2.24, 2.45) is 0 Å². The van der Waals surface area contributed by atoms with Gasteiger partial charge in [-0.05, 0) is 48.5 Å². The van der Waals surface area contributed by atoms with Gasteiger partial charge in [0.2, 0.25) is 5.91 Å². The van der Waals surface area contributed by atoms with Crippen LogP contribution in [0.3, 0.4) is 0 Å². The number of carbonyl (C=O) groups is 1. The maximum atomic E-state index is 12.9. The summed E-state index contributed by atoms with van der Waals surface area (Å²) in [5.41, 5.74) is 0.724. The largest absolute Gasteiger partial charge is 0.457 e. The van der Waals surface area contributed by atoms with E-state index in [0.29, 0.717) is 18.0 Å². The van der Waals surface area contributed by atoms with E-state index in [1.165, 1.54) is 12.1 Å².